The standard InChI is InChI=1S/C14H17N3O2S/c18-13(19)7-10-8-15-5-6-17(9-10)14-16-11-3-1-2-4-12(11)20-14/h1-4,10,15H,5-9H2,(H,18,19)/t10-/m0/s1. The van der Waals surface area contributed by atoms with Crippen LogP contribution >= 0.6 is 11.3 Å². The molecule has 1 aromatic carbocycles. The van der Waals surface area contributed by atoms with Gasteiger partial charge in [0.05, 0.1) is 16.6 Å². The quantitative estimate of drug-likeness (QED) is 0.902. The van der Waals surface area contributed by atoms with Gasteiger partial charge in [-0.25, -0.2) is 4.98 Å². The fraction of sp³-hybridized carbons (Fsp3) is 0.429. The maximum Gasteiger partial charge on any atom is 0.303 e. The Morgan fingerprint density at radius 1 is 1.50 bits per heavy atom. The van der Waals surface area contributed by atoms with Crippen LogP contribution in [0.25, 0.3) is 10.2 Å². The molecule has 2 heterocycles. The molecule has 0 radical (unpaired) electrons. The molecule has 1 aliphatic rings. The molecular weight excluding hydrogens is 274 g/mol. The van der Waals surface area contributed by atoms with Gasteiger partial charge in [-0.15, -0.1) is 0 Å². The lowest BCUT2D eigenvalue weighted by molar-refractivity contribution is -0.137. The van der Waals surface area contributed by atoms with Crippen molar-refractivity contribution in [3.05, 3.63) is 24.3 Å². The summed E-state index contributed by atoms with van der Waals surface area (Å²) in [7, 11) is 0. The molecule has 2 N–H and O–H groups in total. The molecule has 2 aromatic rings. The van der Waals surface area contributed by atoms with E-state index in [0.29, 0.717) is 0 Å². The SMILES string of the molecule is O=C(O)C[C@H]1CNCCN(c2nc3ccccc3s2)C1. The Balaban J connectivity index is 1.81. The van der Waals surface area contributed by atoms with Crippen molar-refractivity contribution in [3.8, 4) is 0 Å². The van der Waals surface area contributed by atoms with Gasteiger partial charge >= 0.3 is 5.97 Å². The summed E-state index contributed by atoms with van der Waals surface area (Å²) < 4.78 is 1.18. The van der Waals surface area contributed by atoms with Crippen LogP contribution in [0.1, 0.15) is 6.42 Å². The number of hydrogen-bond acceptors (Lipinski definition) is 5. The van der Waals surface area contributed by atoms with Gasteiger partial charge in [-0.2, -0.15) is 0 Å². The average Bonchev–Trinajstić information content (AvgIpc) is 2.72. The summed E-state index contributed by atoms with van der Waals surface area (Å²) in [6.07, 6.45) is 0.203. The second kappa shape index (κ2) is 5.76. The Morgan fingerprint density at radius 2 is 2.35 bits per heavy atom. The van der Waals surface area contributed by atoms with Crippen LogP contribution in [0, 0.1) is 5.92 Å². The first kappa shape index (κ1) is 13.3. The van der Waals surface area contributed by atoms with E-state index in [0.717, 1.165) is 36.8 Å². The third kappa shape index (κ3) is 2.91. The summed E-state index contributed by atoms with van der Waals surface area (Å²) in [5.74, 6) is -0.607. The predicted octanol–water partition coefficient (Wildman–Crippen LogP) is 1.80. The Kier molecular flexibility index (Phi) is 3.84. The van der Waals surface area contributed by atoms with Gasteiger partial charge in [0.2, 0.25) is 0 Å². The van der Waals surface area contributed by atoms with E-state index in [-0.39, 0.29) is 12.3 Å². The van der Waals surface area contributed by atoms with Gasteiger partial charge in [-0.05, 0) is 18.1 Å². The second-order valence-electron chi connectivity index (χ2n) is 5.08. The van der Waals surface area contributed by atoms with Crippen molar-refractivity contribution in [2.45, 2.75) is 6.42 Å². The molecule has 106 valence electrons. The minimum atomic E-state index is -0.733. The first-order valence-electron chi connectivity index (χ1n) is 6.75. The zero-order valence-corrected chi connectivity index (χ0v) is 11.9. The number of hydrogen-bond donors (Lipinski definition) is 2. The van der Waals surface area contributed by atoms with Crippen molar-refractivity contribution >= 4 is 32.7 Å². The highest BCUT2D eigenvalue weighted by atomic mass is 32.1. The summed E-state index contributed by atoms with van der Waals surface area (Å²) in [4.78, 5) is 17.8. The molecule has 1 saturated heterocycles. The lowest BCUT2D eigenvalue weighted by Crippen LogP contribution is -2.30. The first-order valence-corrected chi connectivity index (χ1v) is 7.57. The number of carbonyl (C=O) groups is 1. The zero-order valence-electron chi connectivity index (χ0n) is 11.1. The molecule has 0 bridgehead atoms. The normalized spacial score (nSPS) is 20.0. The summed E-state index contributed by atoms with van der Waals surface area (Å²) >= 11 is 1.67. The van der Waals surface area contributed by atoms with E-state index in [1.54, 1.807) is 11.3 Å². The van der Waals surface area contributed by atoms with Gasteiger partial charge in [-0.3, -0.25) is 4.79 Å². The summed E-state index contributed by atoms with van der Waals surface area (Å²) in [6.45, 7) is 3.24. The molecule has 20 heavy (non-hydrogen) atoms. The second-order valence-corrected chi connectivity index (χ2v) is 6.09. The highest BCUT2D eigenvalue weighted by Gasteiger charge is 2.22. The van der Waals surface area contributed by atoms with Crippen molar-refractivity contribution < 1.29 is 9.90 Å². The number of aromatic nitrogens is 1. The summed E-state index contributed by atoms with van der Waals surface area (Å²) in [5, 5.41) is 13.3. The third-order valence-corrected chi connectivity index (χ3v) is 4.58. The zero-order chi connectivity index (χ0) is 13.9. The van der Waals surface area contributed by atoms with Crippen LogP contribution in [0.15, 0.2) is 24.3 Å². The number of rotatable bonds is 3. The highest BCUT2D eigenvalue weighted by molar-refractivity contribution is 7.22. The van der Waals surface area contributed by atoms with Crippen LogP contribution in [0.2, 0.25) is 0 Å². The van der Waals surface area contributed by atoms with Gasteiger partial charge in [-0.1, -0.05) is 23.5 Å². The van der Waals surface area contributed by atoms with Gasteiger partial charge in [0, 0.05) is 26.2 Å². The van der Waals surface area contributed by atoms with Crippen molar-refractivity contribution in [1.82, 2.24) is 10.3 Å². The van der Waals surface area contributed by atoms with Crippen LogP contribution < -0.4 is 10.2 Å². The van der Waals surface area contributed by atoms with Crippen LogP contribution in [0.4, 0.5) is 5.13 Å². The molecule has 1 fully saturated rings. The molecule has 0 aliphatic carbocycles. The van der Waals surface area contributed by atoms with Gasteiger partial charge in [0.25, 0.3) is 0 Å². The monoisotopic (exact) mass is 291 g/mol. The Bertz CT molecular complexity index is 580. The average molecular weight is 291 g/mol. The fourth-order valence-electron chi connectivity index (χ4n) is 2.54. The van der Waals surface area contributed by atoms with Crippen LogP contribution in [-0.2, 0) is 4.79 Å². The molecule has 1 atom stereocenters. The van der Waals surface area contributed by atoms with E-state index in [2.05, 4.69) is 21.3 Å². The van der Waals surface area contributed by atoms with Crippen molar-refractivity contribution in [3.63, 3.8) is 0 Å². The maximum atomic E-state index is 10.9. The molecule has 5 nitrogen and oxygen atoms in total. The highest BCUT2D eigenvalue weighted by Crippen LogP contribution is 2.29. The third-order valence-electron chi connectivity index (χ3n) is 3.49. The van der Waals surface area contributed by atoms with E-state index < -0.39 is 5.97 Å². The topological polar surface area (TPSA) is 65.5 Å². The Hall–Kier alpha value is -1.66. The molecule has 1 aliphatic heterocycles. The van der Waals surface area contributed by atoms with E-state index in [1.807, 2.05) is 18.2 Å². The minimum Gasteiger partial charge on any atom is -0.481 e. The van der Waals surface area contributed by atoms with E-state index in [1.165, 1.54) is 4.70 Å². The predicted molar refractivity (Wildman–Crippen MR) is 80.4 cm³/mol. The molecule has 1 aromatic heterocycles. The van der Waals surface area contributed by atoms with Gasteiger partial charge in [0.15, 0.2) is 5.13 Å². The smallest absolute Gasteiger partial charge is 0.303 e. The number of para-hydroxylation sites is 1. The number of benzene rings is 1. The fourth-order valence-corrected chi connectivity index (χ4v) is 3.54. The summed E-state index contributed by atoms with van der Waals surface area (Å²) in [5.41, 5.74) is 1.01. The molecule has 0 saturated carbocycles. The summed E-state index contributed by atoms with van der Waals surface area (Å²) in [6, 6.07) is 8.09. The molecule has 0 unspecified atom stereocenters. The lowest BCUT2D eigenvalue weighted by atomic mass is 10.1. The van der Waals surface area contributed by atoms with E-state index >= 15 is 0 Å². The minimum absolute atomic E-state index is 0.127. The molecule has 6 heteroatoms. The number of fused-ring (bicyclic) bond motifs is 1. The van der Waals surface area contributed by atoms with Crippen molar-refractivity contribution in [1.29, 1.82) is 0 Å². The molecule has 3 rings (SSSR count). The van der Waals surface area contributed by atoms with E-state index in [4.69, 9.17) is 5.11 Å². The largest absolute Gasteiger partial charge is 0.481 e. The lowest BCUT2D eigenvalue weighted by Gasteiger charge is -2.22. The number of carboxylic acid groups (broad SMARTS) is 1. The van der Waals surface area contributed by atoms with E-state index in [9.17, 15) is 4.79 Å². The number of carboxylic acids is 1. The number of thiazole rings is 1. The number of aliphatic carboxylic acids is 1. The van der Waals surface area contributed by atoms with Crippen LogP contribution in [-0.4, -0.2) is 42.2 Å². The molecular formula is C14H17N3O2S. The van der Waals surface area contributed by atoms with Gasteiger partial charge in [0.1, 0.15) is 0 Å². The number of nitrogens with zero attached hydrogens (tertiary/aromatic N) is 2. The molecule has 0 spiro atoms. The van der Waals surface area contributed by atoms with Crippen molar-refractivity contribution in [2.24, 2.45) is 5.92 Å². The maximum absolute atomic E-state index is 10.9. The Morgan fingerprint density at radius 3 is 3.15 bits per heavy atom. The van der Waals surface area contributed by atoms with Crippen LogP contribution in [0.3, 0.4) is 0 Å². The van der Waals surface area contributed by atoms with Crippen LogP contribution in [0.5, 0.6) is 0 Å². The number of anilines is 1. The molecule has 0 amide bonds. The Labute approximate surface area is 121 Å². The van der Waals surface area contributed by atoms with Gasteiger partial charge < -0.3 is 15.3 Å². The number of nitrogens with one attached hydrogen (secondary N) is 1. The first-order chi connectivity index (χ1) is 9.72. The van der Waals surface area contributed by atoms with Crippen molar-refractivity contribution in [2.75, 3.05) is 31.1 Å².